The molecular formula is C16H23N3S. The summed E-state index contributed by atoms with van der Waals surface area (Å²) in [6, 6.07) is 9.31. The van der Waals surface area contributed by atoms with Crippen LogP contribution >= 0.6 is 11.8 Å². The Balaban J connectivity index is 1.83. The van der Waals surface area contributed by atoms with Crippen molar-refractivity contribution in [1.29, 1.82) is 0 Å². The minimum atomic E-state index is 0.524. The third kappa shape index (κ3) is 4.69. The lowest BCUT2D eigenvalue weighted by Gasteiger charge is -2.09. The van der Waals surface area contributed by atoms with E-state index in [1.807, 2.05) is 31.1 Å². The average Bonchev–Trinajstić information content (AvgIpc) is 2.83. The molecule has 0 aliphatic rings. The van der Waals surface area contributed by atoms with E-state index in [0.29, 0.717) is 6.04 Å². The van der Waals surface area contributed by atoms with Crippen molar-refractivity contribution >= 4 is 11.8 Å². The normalized spacial score (nSPS) is 11.2. The number of benzene rings is 1. The molecule has 0 fully saturated rings. The summed E-state index contributed by atoms with van der Waals surface area (Å²) in [5.74, 6) is 2.15. The van der Waals surface area contributed by atoms with E-state index in [-0.39, 0.29) is 0 Å². The molecule has 2 rings (SSSR count). The highest BCUT2D eigenvalue weighted by Crippen LogP contribution is 2.19. The van der Waals surface area contributed by atoms with Gasteiger partial charge in [0.15, 0.2) is 0 Å². The van der Waals surface area contributed by atoms with Crippen LogP contribution in [0.5, 0.6) is 0 Å². The molecule has 3 nitrogen and oxygen atoms in total. The fraction of sp³-hybridized carbons (Fsp3) is 0.438. The van der Waals surface area contributed by atoms with Crippen molar-refractivity contribution in [2.24, 2.45) is 0 Å². The van der Waals surface area contributed by atoms with Gasteiger partial charge >= 0.3 is 0 Å². The number of nitrogens with one attached hydrogen (secondary N) is 1. The van der Waals surface area contributed by atoms with Gasteiger partial charge in [0.2, 0.25) is 0 Å². The first kappa shape index (κ1) is 15.1. The molecule has 0 saturated heterocycles. The topological polar surface area (TPSA) is 29.9 Å². The lowest BCUT2D eigenvalue weighted by atomic mass is 10.2. The first-order chi connectivity index (χ1) is 9.65. The molecule has 0 bridgehead atoms. The highest BCUT2D eigenvalue weighted by Gasteiger charge is 2.00. The van der Waals surface area contributed by atoms with Gasteiger partial charge in [0.25, 0.3) is 0 Å². The largest absolute Gasteiger partial charge is 0.334 e. The molecule has 20 heavy (non-hydrogen) atoms. The summed E-state index contributed by atoms with van der Waals surface area (Å²) < 4.78 is 2.19. The predicted molar refractivity (Wildman–Crippen MR) is 86.1 cm³/mol. The van der Waals surface area contributed by atoms with Gasteiger partial charge in [-0.25, -0.2) is 4.98 Å². The fourth-order valence-corrected chi connectivity index (χ4v) is 2.90. The number of thioether (sulfide) groups is 1. The molecule has 0 radical (unpaired) electrons. The van der Waals surface area contributed by atoms with Gasteiger partial charge < -0.3 is 9.88 Å². The third-order valence-corrected chi connectivity index (χ3v) is 4.11. The quantitative estimate of drug-likeness (QED) is 0.791. The average molecular weight is 289 g/mol. The zero-order valence-electron chi connectivity index (χ0n) is 12.5. The zero-order chi connectivity index (χ0) is 14.4. The summed E-state index contributed by atoms with van der Waals surface area (Å²) in [4.78, 5) is 5.58. The molecule has 4 heteroatoms. The standard InChI is InChI=1S/C16H23N3S/c1-13(2)18-12-15-5-4-6-16(11-15)20-10-9-19-8-7-17-14(19)3/h4-8,11,13,18H,9-10,12H2,1-3H3. The van der Waals surface area contributed by atoms with Crippen molar-refractivity contribution in [1.82, 2.24) is 14.9 Å². The molecule has 0 aliphatic carbocycles. The van der Waals surface area contributed by atoms with Crippen molar-refractivity contribution in [2.75, 3.05) is 5.75 Å². The van der Waals surface area contributed by atoms with E-state index in [1.54, 1.807) is 0 Å². The first-order valence-electron chi connectivity index (χ1n) is 7.08. The Hall–Kier alpha value is -1.26. The molecular weight excluding hydrogens is 266 g/mol. The maximum absolute atomic E-state index is 4.24. The molecule has 0 amide bonds. The van der Waals surface area contributed by atoms with E-state index in [4.69, 9.17) is 0 Å². The summed E-state index contributed by atoms with van der Waals surface area (Å²) >= 11 is 1.90. The van der Waals surface area contributed by atoms with E-state index in [2.05, 4.69) is 53.0 Å². The van der Waals surface area contributed by atoms with Gasteiger partial charge in [0.1, 0.15) is 5.82 Å². The Morgan fingerprint density at radius 2 is 2.20 bits per heavy atom. The van der Waals surface area contributed by atoms with Crippen molar-refractivity contribution in [3.63, 3.8) is 0 Å². The maximum atomic E-state index is 4.24. The number of hydrogen-bond acceptors (Lipinski definition) is 3. The molecule has 0 saturated carbocycles. The summed E-state index contributed by atoms with van der Waals surface area (Å²) in [5.41, 5.74) is 1.35. The fourth-order valence-electron chi connectivity index (χ4n) is 1.97. The van der Waals surface area contributed by atoms with Gasteiger partial charge in [-0.05, 0) is 24.6 Å². The summed E-state index contributed by atoms with van der Waals surface area (Å²) in [7, 11) is 0. The van der Waals surface area contributed by atoms with Crippen molar-refractivity contribution in [3.8, 4) is 0 Å². The lowest BCUT2D eigenvalue weighted by molar-refractivity contribution is 0.588. The van der Waals surface area contributed by atoms with Gasteiger partial charge in [0.05, 0.1) is 0 Å². The zero-order valence-corrected chi connectivity index (χ0v) is 13.3. The SMILES string of the molecule is Cc1nccn1CCSc1cccc(CNC(C)C)c1. The van der Waals surface area contributed by atoms with Crippen LogP contribution in [0.1, 0.15) is 25.2 Å². The van der Waals surface area contributed by atoms with E-state index in [1.165, 1.54) is 10.5 Å². The number of aryl methyl sites for hydroxylation is 2. The van der Waals surface area contributed by atoms with Crippen LogP contribution in [0.2, 0.25) is 0 Å². The monoisotopic (exact) mass is 289 g/mol. The number of rotatable bonds is 7. The Bertz CT molecular complexity index is 534. The smallest absolute Gasteiger partial charge is 0.105 e. The molecule has 0 aliphatic heterocycles. The Kier molecular flexibility index (Phi) is 5.68. The third-order valence-electron chi connectivity index (χ3n) is 3.14. The van der Waals surface area contributed by atoms with Crippen molar-refractivity contribution in [2.45, 2.75) is 44.8 Å². The maximum Gasteiger partial charge on any atom is 0.105 e. The minimum absolute atomic E-state index is 0.524. The summed E-state index contributed by atoms with van der Waals surface area (Å²) in [6.45, 7) is 8.33. The van der Waals surface area contributed by atoms with Gasteiger partial charge in [0, 0.05) is 42.2 Å². The molecule has 1 heterocycles. The lowest BCUT2D eigenvalue weighted by Crippen LogP contribution is -2.21. The van der Waals surface area contributed by atoms with Crippen LogP contribution in [0.25, 0.3) is 0 Å². The van der Waals surface area contributed by atoms with Crippen LogP contribution in [0.3, 0.4) is 0 Å². The van der Waals surface area contributed by atoms with Gasteiger partial charge in [-0.2, -0.15) is 0 Å². The number of aromatic nitrogens is 2. The first-order valence-corrected chi connectivity index (χ1v) is 8.06. The highest BCUT2D eigenvalue weighted by molar-refractivity contribution is 7.99. The second kappa shape index (κ2) is 7.50. The number of hydrogen-bond donors (Lipinski definition) is 1. The van der Waals surface area contributed by atoms with Gasteiger partial charge in [-0.1, -0.05) is 26.0 Å². The molecule has 2 aromatic rings. The second-order valence-corrected chi connectivity index (χ2v) is 6.37. The number of imidazole rings is 1. The molecule has 0 unspecified atom stereocenters. The Morgan fingerprint density at radius 3 is 2.90 bits per heavy atom. The second-order valence-electron chi connectivity index (χ2n) is 5.20. The van der Waals surface area contributed by atoms with E-state index in [9.17, 15) is 0 Å². The van der Waals surface area contributed by atoms with Crippen molar-refractivity contribution in [3.05, 3.63) is 48.0 Å². The summed E-state index contributed by atoms with van der Waals surface area (Å²) in [6.07, 6.45) is 3.90. The molecule has 1 aromatic heterocycles. The predicted octanol–water partition coefficient (Wildman–Crippen LogP) is 3.48. The highest BCUT2D eigenvalue weighted by atomic mass is 32.2. The molecule has 1 N–H and O–H groups in total. The van der Waals surface area contributed by atoms with Crippen LogP contribution in [0.4, 0.5) is 0 Å². The molecule has 108 valence electrons. The molecule has 0 atom stereocenters. The van der Waals surface area contributed by atoms with Crippen molar-refractivity contribution < 1.29 is 0 Å². The van der Waals surface area contributed by atoms with E-state index < -0.39 is 0 Å². The Morgan fingerprint density at radius 1 is 1.35 bits per heavy atom. The van der Waals surface area contributed by atoms with Crippen LogP contribution in [0, 0.1) is 6.92 Å². The van der Waals surface area contributed by atoms with Crippen LogP contribution in [-0.2, 0) is 13.1 Å². The van der Waals surface area contributed by atoms with Gasteiger partial charge in [-0.15, -0.1) is 11.8 Å². The molecule has 1 aromatic carbocycles. The number of nitrogens with zero attached hydrogens (tertiary/aromatic N) is 2. The molecule has 0 spiro atoms. The van der Waals surface area contributed by atoms with Gasteiger partial charge in [-0.3, -0.25) is 0 Å². The van der Waals surface area contributed by atoms with Crippen LogP contribution in [0.15, 0.2) is 41.6 Å². The van der Waals surface area contributed by atoms with E-state index in [0.717, 1.165) is 24.7 Å². The summed E-state index contributed by atoms with van der Waals surface area (Å²) in [5, 5.41) is 3.45. The minimum Gasteiger partial charge on any atom is -0.334 e. The van der Waals surface area contributed by atoms with E-state index >= 15 is 0 Å². The van der Waals surface area contributed by atoms with Crippen LogP contribution in [-0.4, -0.2) is 21.3 Å². The van der Waals surface area contributed by atoms with Crippen LogP contribution < -0.4 is 5.32 Å². The Labute approximate surface area is 125 Å².